The molecule has 1 aromatic heterocycles. The highest BCUT2D eigenvalue weighted by Crippen LogP contribution is 2.12. The van der Waals surface area contributed by atoms with Crippen molar-refractivity contribution in [3.8, 4) is 0 Å². The molecule has 0 amide bonds. The van der Waals surface area contributed by atoms with Gasteiger partial charge in [-0.3, -0.25) is 4.21 Å². The first kappa shape index (κ1) is 11.8. The molecule has 84 valence electrons. The predicted molar refractivity (Wildman–Crippen MR) is 57.7 cm³/mol. The maximum atomic E-state index is 10.7. The minimum atomic E-state index is -1.09. The van der Waals surface area contributed by atoms with Gasteiger partial charge in [0.2, 0.25) is 5.76 Å². The van der Waals surface area contributed by atoms with Crippen molar-refractivity contribution in [1.29, 1.82) is 0 Å². The second kappa shape index (κ2) is 5.55. The van der Waals surface area contributed by atoms with Gasteiger partial charge in [0.1, 0.15) is 0 Å². The maximum Gasteiger partial charge on any atom is 0.371 e. The third kappa shape index (κ3) is 4.16. The molecule has 0 bridgehead atoms. The number of anilines is 1. The largest absolute Gasteiger partial charge is 0.475 e. The monoisotopic (exact) mass is 231 g/mol. The topological polar surface area (TPSA) is 79.5 Å². The molecule has 2 N–H and O–H groups in total. The zero-order valence-corrected chi connectivity index (χ0v) is 9.17. The molecule has 0 aliphatic heterocycles. The molecule has 1 rings (SSSR count). The van der Waals surface area contributed by atoms with Crippen molar-refractivity contribution >= 4 is 22.7 Å². The van der Waals surface area contributed by atoms with Gasteiger partial charge in [-0.25, -0.2) is 4.79 Å². The van der Waals surface area contributed by atoms with E-state index in [-0.39, 0.29) is 5.76 Å². The number of carboxylic acids is 1. The van der Waals surface area contributed by atoms with E-state index in [1.807, 2.05) is 0 Å². The molecule has 0 aliphatic rings. The van der Waals surface area contributed by atoms with Crippen molar-refractivity contribution in [2.24, 2.45) is 0 Å². The molecule has 0 saturated heterocycles. The first-order valence-electron chi connectivity index (χ1n) is 4.46. The Morgan fingerprint density at radius 1 is 1.60 bits per heavy atom. The van der Waals surface area contributed by atoms with Gasteiger partial charge in [-0.15, -0.1) is 0 Å². The molecule has 0 aliphatic carbocycles. The molecule has 5 nitrogen and oxygen atoms in total. The van der Waals surface area contributed by atoms with Crippen LogP contribution < -0.4 is 5.32 Å². The molecule has 0 saturated carbocycles. The summed E-state index contributed by atoms with van der Waals surface area (Å²) < 4.78 is 15.7. The van der Waals surface area contributed by atoms with Crippen molar-refractivity contribution in [3.05, 3.63) is 17.9 Å². The Labute approximate surface area is 89.9 Å². The number of nitrogens with one attached hydrogen (secondary N) is 1. The first-order valence-corrected chi connectivity index (χ1v) is 6.19. The Balaban J connectivity index is 2.31. The molecule has 0 spiro atoms. The highest BCUT2D eigenvalue weighted by atomic mass is 32.2. The third-order valence-corrected chi connectivity index (χ3v) is 2.59. The van der Waals surface area contributed by atoms with Gasteiger partial charge >= 0.3 is 5.97 Å². The van der Waals surface area contributed by atoms with Crippen LogP contribution in [0, 0.1) is 0 Å². The van der Waals surface area contributed by atoms with E-state index in [1.54, 1.807) is 12.3 Å². The lowest BCUT2D eigenvalue weighted by Gasteiger charge is -2.00. The summed E-state index contributed by atoms with van der Waals surface area (Å²) in [5.41, 5.74) is 0. The molecule has 1 atom stereocenters. The lowest BCUT2D eigenvalue weighted by atomic mass is 10.4. The maximum absolute atomic E-state index is 10.7. The summed E-state index contributed by atoms with van der Waals surface area (Å²) in [7, 11) is -0.790. The van der Waals surface area contributed by atoms with Crippen LogP contribution in [0.5, 0.6) is 0 Å². The lowest BCUT2D eigenvalue weighted by Crippen LogP contribution is -2.05. The van der Waals surface area contributed by atoms with Crippen molar-refractivity contribution in [2.75, 3.05) is 23.9 Å². The standard InChI is InChI=1S/C9H13NO4S/c1-15(13)6-2-5-10-8-4-3-7(14-8)9(11)12/h3-4,10H,2,5-6H2,1H3,(H,11,12). The quantitative estimate of drug-likeness (QED) is 0.718. The average molecular weight is 231 g/mol. The highest BCUT2D eigenvalue weighted by Gasteiger charge is 2.07. The summed E-state index contributed by atoms with van der Waals surface area (Å²) >= 11 is 0. The van der Waals surface area contributed by atoms with E-state index in [0.29, 0.717) is 18.2 Å². The summed E-state index contributed by atoms with van der Waals surface area (Å²) in [6, 6.07) is 2.95. The number of rotatable bonds is 6. The fourth-order valence-electron chi connectivity index (χ4n) is 1.03. The van der Waals surface area contributed by atoms with E-state index in [0.717, 1.165) is 6.42 Å². The van der Waals surface area contributed by atoms with E-state index in [9.17, 15) is 9.00 Å². The smallest absolute Gasteiger partial charge is 0.371 e. The Morgan fingerprint density at radius 3 is 2.87 bits per heavy atom. The second-order valence-electron chi connectivity index (χ2n) is 3.03. The molecule has 1 heterocycles. The second-order valence-corrected chi connectivity index (χ2v) is 4.58. The van der Waals surface area contributed by atoms with Crippen LogP contribution in [-0.2, 0) is 10.8 Å². The number of hydrogen-bond donors (Lipinski definition) is 2. The van der Waals surface area contributed by atoms with E-state index in [4.69, 9.17) is 9.52 Å². The van der Waals surface area contributed by atoms with Gasteiger partial charge < -0.3 is 14.8 Å². The molecule has 0 radical (unpaired) electrons. The van der Waals surface area contributed by atoms with E-state index in [2.05, 4.69) is 5.32 Å². The van der Waals surface area contributed by atoms with Crippen molar-refractivity contribution in [1.82, 2.24) is 0 Å². The molecule has 1 unspecified atom stereocenters. The highest BCUT2D eigenvalue weighted by molar-refractivity contribution is 7.84. The van der Waals surface area contributed by atoms with E-state index < -0.39 is 16.8 Å². The third-order valence-electron chi connectivity index (χ3n) is 1.72. The van der Waals surface area contributed by atoms with E-state index in [1.165, 1.54) is 6.07 Å². The van der Waals surface area contributed by atoms with Crippen molar-refractivity contribution in [2.45, 2.75) is 6.42 Å². The van der Waals surface area contributed by atoms with Crippen LogP contribution in [0.4, 0.5) is 5.88 Å². The number of hydrogen-bond acceptors (Lipinski definition) is 4. The van der Waals surface area contributed by atoms with Gasteiger partial charge in [-0.2, -0.15) is 0 Å². The predicted octanol–water partition coefficient (Wildman–Crippen LogP) is 1.16. The van der Waals surface area contributed by atoms with Crippen LogP contribution in [0.25, 0.3) is 0 Å². The number of furan rings is 1. The van der Waals surface area contributed by atoms with Crippen LogP contribution in [-0.4, -0.2) is 33.8 Å². The normalized spacial score (nSPS) is 12.3. The summed E-state index contributed by atoms with van der Waals surface area (Å²) in [4.78, 5) is 10.5. The summed E-state index contributed by atoms with van der Waals surface area (Å²) in [6.45, 7) is 0.617. The molecular formula is C9H13NO4S. The Bertz CT molecular complexity index is 361. The number of carboxylic acid groups (broad SMARTS) is 1. The summed E-state index contributed by atoms with van der Waals surface area (Å²) in [5.74, 6) is -0.122. The van der Waals surface area contributed by atoms with Gasteiger partial charge in [0, 0.05) is 35.4 Å². The van der Waals surface area contributed by atoms with Gasteiger partial charge in [0.05, 0.1) is 0 Å². The van der Waals surface area contributed by atoms with Crippen molar-refractivity contribution < 1.29 is 18.5 Å². The Morgan fingerprint density at radius 2 is 2.33 bits per heavy atom. The van der Waals surface area contributed by atoms with Crippen molar-refractivity contribution in [3.63, 3.8) is 0 Å². The molecular weight excluding hydrogens is 218 g/mol. The lowest BCUT2D eigenvalue weighted by molar-refractivity contribution is 0.0663. The van der Waals surface area contributed by atoms with Crippen LogP contribution in [0.2, 0.25) is 0 Å². The minimum absolute atomic E-state index is 0.0865. The number of aromatic carboxylic acids is 1. The Hall–Kier alpha value is -1.30. The molecule has 15 heavy (non-hydrogen) atoms. The minimum Gasteiger partial charge on any atom is -0.475 e. The SMILES string of the molecule is CS(=O)CCCNc1ccc(C(=O)O)o1. The van der Waals surface area contributed by atoms with Gasteiger partial charge in [-0.05, 0) is 12.5 Å². The van der Waals surface area contributed by atoms with Gasteiger partial charge in [0.15, 0.2) is 5.88 Å². The fraction of sp³-hybridized carbons (Fsp3) is 0.444. The van der Waals surface area contributed by atoms with Crippen LogP contribution in [0.15, 0.2) is 16.5 Å². The van der Waals surface area contributed by atoms with Crippen LogP contribution >= 0.6 is 0 Å². The summed E-state index contributed by atoms with van der Waals surface area (Å²) in [5, 5.41) is 11.5. The molecule has 6 heteroatoms. The molecule has 0 fully saturated rings. The van der Waals surface area contributed by atoms with Gasteiger partial charge in [-0.1, -0.05) is 0 Å². The van der Waals surface area contributed by atoms with Crippen LogP contribution in [0.3, 0.4) is 0 Å². The average Bonchev–Trinajstić information content (AvgIpc) is 2.60. The fourth-order valence-corrected chi connectivity index (χ4v) is 1.59. The molecule has 0 aromatic carbocycles. The zero-order valence-electron chi connectivity index (χ0n) is 8.36. The molecule has 1 aromatic rings. The first-order chi connectivity index (χ1) is 7.09. The van der Waals surface area contributed by atoms with E-state index >= 15 is 0 Å². The Kier molecular flexibility index (Phi) is 4.36. The summed E-state index contributed by atoms with van der Waals surface area (Å²) in [6.07, 6.45) is 2.40. The zero-order chi connectivity index (χ0) is 11.3. The van der Waals surface area contributed by atoms with Gasteiger partial charge in [0.25, 0.3) is 0 Å². The van der Waals surface area contributed by atoms with Crippen LogP contribution in [0.1, 0.15) is 17.0 Å². The number of carbonyl (C=O) groups is 1.